The Hall–Kier alpha value is -0.970. The number of nitrogens with two attached hydrogens (primary N) is 1. The maximum absolute atomic E-state index is 13.7. The molecule has 1 aromatic carbocycles. The highest BCUT2D eigenvalue weighted by Crippen LogP contribution is 2.33. The maximum atomic E-state index is 13.7. The Morgan fingerprint density at radius 3 is 2.61 bits per heavy atom. The van der Waals surface area contributed by atoms with Gasteiger partial charge in [-0.2, -0.15) is 11.8 Å². The van der Waals surface area contributed by atoms with E-state index in [2.05, 4.69) is 12.2 Å². The maximum Gasteiger partial charge on any atom is 0.151 e. The van der Waals surface area contributed by atoms with Gasteiger partial charge in [-0.15, -0.1) is 0 Å². The number of rotatable bonds is 4. The molecular formula is C13H18F2N2S. The van der Waals surface area contributed by atoms with E-state index in [1.54, 1.807) is 0 Å². The Morgan fingerprint density at radius 1 is 1.33 bits per heavy atom. The molecule has 18 heavy (non-hydrogen) atoms. The van der Waals surface area contributed by atoms with Crippen LogP contribution in [0.3, 0.4) is 0 Å². The molecule has 0 heterocycles. The van der Waals surface area contributed by atoms with Gasteiger partial charge in [0.1, 0.15) is 5.69 Å². The predicted octanol–water partition coefficient (Wildman–Crippen LogP) is 3.63. The van der Waals surface area contributed by atoms with Gasteiger partial charge < -0.3 is 11.1 Å². The highest BCUT2D eigenvalue weighted by atomic mass is 32.2. The number of benzene rings is 1. The molecule has 0 aliphatic heterocycles. The van der Waals surface area contributed by atoms with Crippen molar-refractivity contribution in [1.82, 2.24) is 0 Å². The Kier molecular flexibility index (Phi) is 4.32. The fourth-order valence-electron chi connectivity index (χ4n) is 2.42. The first-order chi connectivity index (χ1) is 8.61. The smallest absolute Gasteiger partial charge is 0.151 e. The molecular weight excluding hydrogens is 254 g/mol. The lowest BCUT2D eigenvalue weighted by Gasteiger charge is -2.22. The van der Waals surface area contributed by atoms with Crippen LogP contribution in [0.15, 0.2) is 12.1 Å². The number of hydrogen-bond acceptors (Lipinski definition) is 3. The quantitative estimate of drug-likeness (QED) is 0.822. The number of hydrogen-bond donors (Lipinski definition) is 2. The van der Waals surface area contributed by atoms with Crippen LogP contribution in [0.2, 0.25) is 0 Å². The highest BCUT2D eigenvalue weighted by molar-refractivity contribution is 7.99. The highest BCUT2D eigenvalue weighted by Gasteiger charge is 2.28. The third-order valence-corrected chi connectivity index (χ3v) is 4.55. The van der Waals surface area contributed by atoms with Crippen molar-refractivity contribution in [3.8, 4) is 0 Å². The number of thioether (sulfide) groups is 1. The molecule has 2 atom stereocenters. The third-order valence-electron chi connectivity index (χ3n) is 3.23. The zero-order valence-corrected chi connectivity index (χ0v) is 11.2. The van der Waals surface area contributed by atoms with Crippen LogP contribution in [0.4, 0.5) is 20.2 Å². The van der Waals surface area contributed by atoms with Gasteiger partial charge in [0.05, 0.1) is 0 Å². The van der Waals surface area contributed by atoms with E-state index in [0.29, 0.717) is 5.25 Å². The zero-order chi connectivity index (χ0) is 13.1. The summed E-state index contributed by atoms with van der Waals surface area (Å²) in [5.74, 6) is -0.200. The summed E-state index contributed by atoms with van der Waals surface area (Å²) in [6.45, 7) is 2.10. The predicted molar refractivity (Wildman–Crippen MR) is 74.0 cm³/mol. The SMILES string of the molecule is CCSC1CCCC1Nc1c(F)cc(N)cc1F. The van der Waals surface area contributed by atoms with Gasteiger partial charge in [0.15, 0.2) is 11.6 Å². The summed E-state index contributed by atoms with van der Waals surface area (Å²) in [7, 11) is 0. The molecule has 0 saturated heterocycles. The van der Waals surface area contributed by atoms with Crippen LogP contribution in [0.25, 0.3) is 0 Å². The molecule has 0 bridgehead atoms. The number of nitrogens with one attached hydrogen (secondary N) is 1. The molecule has 0 spiro atoms. The molecule has 1 saturated carbocycles. The van der Waals surface area contributed by atoms with E-state index in [0.717, 1.165) is 37.1 Å². The first-order valence-electron chi connectivity index (χ1n) is 6.24. The monoisotopic (exact) mass is 272 g/mol. The van der Waals surface area contributed by atoms with Gasteiger partial charge in [-0.05, 0) is 30.7 Å². The van der Waals surface area contributed by atoms with Crippen molar-refractivity contribution in [3.05, 3.63) is 23.8 Å². The van der Waals surface area contributed by atoms with E-state index in [1.807, 2.05) is 11.8 Å². The molecule has 0 amide bonds. The minimum Gasteiger partial charge on any atom is -0.399 e. The molecule has 100 valence electrons. The first kappa shape index (κ1) is 13.5. The summed E-state index contributed by atoms with van der Waals surface area (Å²) in [6, 6.07) is 2.45. The Morgan fingerprint density at radius 2 is 2.00 bits per heavy atom. The minimum atomic E-state index is -0.611. The van der Waals surface area contributed by atoms with E-state index in [4.69, 9.17) is 5.73 Å². The largest absolute Gasteiger partial charge is 0.399 e. The van der Waals surface area contributed by atoms with E-state index in [9.17, 15) is 8.78 Å². The van der Waals surface area contributed by atoms with E-state index in [1.165, 1.54) is 0 Å². The molecule has 1 aliphatic rings. The summed E-state index contributed by atoms with van der Waals surface area (Å²) in [5.41, 5.74) is 5.47. The molecule has 3 N–H and O–H groups in total. The standard InChI is InChI=1S/C13H18F2N2S/c1-2-18-12-5-3-4-11(12)17-13-9(14)6-8(16)7-10(13)15/h6-7,11-12,17H,2-5,16H2,1H3. The van der Waals surface area contributed by atoms with Crippen molar-refractivity contribution >= 4 is 23.1 Å². The van der Waals surface area contributed by atoms with Crippen molar-refractivity contribution in [2.45, 2.75) is 37.5 Å². The second-order valence-corrected chi connectivity index (χ2v) is 6.05. The van der Waals surface area contributed by atoms with Crippen LogP contribution in [0.1, 0.15) is 26.2 Å². The van der Waals surface area contributed by atoms with Crippen molar-refractivity contribution in [1.29, 1.82) is 0 Å². The molecule has 2 rings (SSSR count). The third kappa shape index (κ3) is 2.88. The molecule has 1 aromatic rings. The van der Waals surface area contributed by atoms with Crippen LogP contribution < -0.4 is 11.1 Å². The van der Waals surface area contributed by atoms with Crippen molar-refractivity contribution in [2.75, 3.05) is 16.8 Å². The average molecular weight is 272 g/mol. The molecule has 1 aliphatic carbocycles. The summed E-state index contributed by atoms with van der Waals surface area (Å²) >= 11 is 1.85. The lowest BCUT2D eigenvalue weighted by Crippen LogP contribution is -2.27. The fraction of sp³-hybridized carbons (Fsp3) is 0.538. The summed E-state index contributed by atoms with van der Waals surface area (Å²) in [4.78, 5) is 0. The Labute approximate surface area is 110 Å². The minimum absolute atomic E-state index is 0.0437. The molecule has 2 unspecified atom stereocenters. The average Bonchev–Trinajstić information content (AvgIpc) is 2.71. The number of anilines is 2. The first-order valence-corrected chi connectivity index (χ1v) is 7.29. The van der Waals surface area contributed by atoms with Gasteiger partial charge in [-0.25, -0.2) is 8.78 Å². The molecule has 0 aromatic heterocycles. The lowest BCUT2D eigenvalue weighted by atomic mass is 10.2. The van der Waals surface area contributed by atoms with Gasteiger partial charge in [-0.1, -0.05) is 13.3 Å². The number of halogens is 2. The zero-order valence-electron chi connectivity index (χ0n) is 10.4. The van der Waals surface area contributed by atoms with Crippen LogP contribution in [0, 0.1) is 11.6 Å². The molecule has 0 radical (unpaired) electrons. The Bertz CT molecular complexity index is 402. The van der Waals surface area contributed by atoms with Gasteiger partial charge in [0.25, 0.3) is 0 Å². The van der Waals surface area contributed by atoms with Crippen molar-refractivity contribution < 1.29 is 8.78 Å². The van der Waals surface area contributed by atoms with Crippen molar-refractivity contribution in [2.24, 2.45) is 0 Å². The number of nitrogen functional groups attached to an aromatic ring is 1. The summed E-state index contributed by atoms with van der Waals surface area (Å²) in [6.07, 6.45) is 3.17. The van der Waals surface area contributed by atoms with E-state index in [-0.39, 0.29) is 17.4 Å². The van der Waals surface area contributed by atoms with Gasteiger partial charge in [0.2, 0.25) is 0 Å². The fourth-order valence-corrected chi connectivity index (χ4v) is 3.62. The van der Waals surface area contributed by atoms with Crippen LogP contribution in [0.5, 0.6) is 0 Å². The van der Waals surface area contributed by atoms with Crippen LogP contribution in [-0.2, 0) is 0 Å². The second kappa shape index (κ2) is 5.78. The molecule has 2 nitrogen and oxygen atoms in total. The normalized spacial score (nSPS) is 23.3. The van der Waals surface area contributed by atoms with Crippen molar-refractivity contribution in [3.63, 3.8) is 0 Å². The van der Waals surface area contributed by atoms with Crippen LogP contribution >= 0.6 is 11.8 Å². The lowest BCUT2D eigenvalue weighted by molar-refractivity contribution is 0.583. The van der Waals surface area contributed by atoms with E-state index < -0.39 is 11.6 Å². The molecule has 1 fully saturated rings. The summed E-state index contributed by atoms with van der Waals surface area (Å²) in [5, 5.41) is 3.45. The van der Waals surface area contributed by atoms with Gasteiger partial charge in [-0.3, -0.25) is 0 Å². The van der Waals surface area contributed by atoms with E-state index >= 15 is 0 Å². The van der Waals surface area contributed by atoms with Crippen LogP contribution in [-0.4, -0.2) is 17.0 Å². The van der Waals surface area contributed by atoms with Gasteiger partial charge >= 0.3 is 0 Å². The Balaban J connectivity index is 2.14. The topological polar surface area (TPSA) is 38.0 Å². The summed E-state index contributed by atoms with van der Waals surface area (Å²) < 4.78 is 27.4. The molecule has 5 heteroatoms. The second-order valence-electron chi connectivity index (χ2n) is 4.54. The van der Waals surface area contributed by atoms with Gasteiger partial charge in [0, 0.05) is 17.0 Å².